The lowest BCUT2D eigenvalue weighted by atomic mass is 9.82. The molecular weight excluding hydrogens is 833 g/mol. The molecule has 14 nitrogen and oxygen atoms in total. The molecule has 1 aliphatic carbocycles. The van der Waals surface area contributed by atoms with Gasteiger partial charge in [0.2, 0.25) is 11.8 Å². The van der Waals surface area contributed by atoms with E-state index in [9.17, 15) is 19.2 Å². The minimum atomic E-state index is -0.632. The molecule has 66 heavy (non-hydrogen) atoms. The quantitative estimate of drug-likeness (QED) is 0.120. The molecule has 356 valence electrons. The summed E-state index contributed by atoms with van der Waals surface area (Å²) >= 11 is 0. The van der Waals surface area contributed by atoms with Crippen molar-refractivity contribution in [3.63, 3.8) is 0 Å². The van der Waals surface area contributed by atoms with Gasteiger partial charge in [-0.2, -0.15) is 0 Å². The largest absolute Gasteiger partial charge is 0.453 e. The number of hydrogen-bond acceptors (Lipinski definition) is 8. The topological polar surface area (TPSA) is 175 Å². The number of nitrogens with one attached hydrogen (secondary N) is 4. The van der Waals surface area contributed by atoms with Crippen molar-refractivity contribution in [3.05, 3.63) is 71.6 Å². The number of imidazole rings is 2. The summed E-state index contributed by atoms with van der Waals surface area (Å²) in [7, 11) is 2.56. The molecule has 4 amide bonds. The molecule has 0 saturated carbocycles. The average Bonchev–Trinajstić information content (AvgIpc) is 4.06. The molecule has 14 heteroatoms. The Morgan fingerprint density at radius 3 is 1.88 bits per heavy atom. The summed E-state index contributed by atoms with van der Waals surface area (Å²) in [5.41, 5.74) is 8.38. The minimum Gasteiger partial charge on any atom is -0.453 e. The number of aromatic nitrogens is 4. The van der Waals surface area contributed by atoms with Crippen molar-refractivity contribution < 1.29 is 28.7 Å². The van der Waals surface area contributed by atoms with Crippen molar-refractivity contribution in [2.45, 2.75) is 124 Å². The summed E-state index contributed by atoms with van der Waals surface area (Å²) in [4.78, 5) is 70.0. The fourth-order valence-electron chi connectivity index (χ4n) is 8.72. The third-order valence-electron chi connectivity index (χ3n) is 11.8. The Balaban J connectivity index is 0.00000107. The molecule has 0 spiro atoms. The first-order chi connectivity index (χ1) is 31.9. The van der Waals surface area contributed by atoms with Crippen LogP contribution in [0.3, 0.4) is 0 Å². The lowest BCUT2D eigenvalue weighted by Crippen LogP contribution is -2.53. The van der Waals surface area contributed by atoms with E-state index in [0.717, 1.165) is 97.5 Å². The highest BCUT2D eigenvalue weighted by Crippen LogP contribution is 2.41. The Hall–Kier alpha value is -6.54. The molecule has 4 aromatic rings. The van der Waals surface area contributed by atoms with E-state index >= 15 is 0 Å². The smallest absolute Gasteiger partial charge is 0.407 e. The van der Waals surface area contributed by atoms with Crippen molar-refractivity contribution in [1.82, 2.24) is 40.4 Å². The first-order valence-corrected chi connectivity index (χ1v) is 23.2. The lowest BCUT2D eigenvalue weighted by Gasteiger charge is -2.43. The second kappa shape index (κ2) is 27.1. The number of rotatable bonds is 9. The second-order valence-corrected chi connectivity index (χ2v) is 16.9. The van der Waals surface area contributed by atoms with Crippen molar-refractivity contribution in [2.75, 3.05) is 40.4 Å². The van der Waals surface area contributed by atoms with Gasteiger partial charge in [-0.3, -0.25) is 9.59 Å². The van der Waals surface area contributed by atoms with E-state index < -0.39 is 17.7 Å². The summed E-state index contributed by atoms with van der Waals surface area (Å²) < 4.78 is 9.30. The predicted octanol–water partition coefficient (Wildman–Crippen LogP) is 9.58. The SMILES string of the molecule is C#C.C#C.CCC.CCC.COC(=O)NCC(=O)N1C[C@@H](C)CCC1c1ncc(-c2ccc(-c3ccc(-c4cnc([C@@]5(C)CCCCN5C(=O)CNC(=O)OC)[nH]4)c4c3CCCC4)cc2)[nH]1. The van der Waals surface area contributed by atoms with Gasteiger partial charge in [0.25, 0.3) is 0 Å². The highest BCUT2D eigenvalue weighted by molar-refractivity contribution is 5.84. The number of methoxy groups -OCH3 is 2. The molecule has 2 saturated heterocycles. The Morgan fingerprint density at radius 1 is 0.727 bits per heavy atom. The lowest BCUT2D eigenvalue weighted by molar-refractivity contribution is -0.139. The van der Waals surface area contributed by atoms with Crippen LogP contribution < -0.4 is 10.6 Å². The number of benzene rings is 2. The number of likely N-dealkylation sites (tertiary alicyclic amines) is 2. The molecular formula is C52H72N8O6. The molecule has 0 bridgehead atoms. The van der Waals surface area contributed by atoms with Gasteiger partial charge < -0.3 is 39.9 Å². The maximum atomic E-state index is 13.3. The Morgan fingerprint density at radius 2 is 1.27 bits per heavy atom. The number of aromatic amines is 2. The molecule has 3 atom stereocenters. The van der Waals surface area contributed by atoms with Crippen molar-refractivity contribution in [2.24, 2.45) is 5.92 Å². The maximum absolute atomic E-state index is 13.3. The first kappa shape index (κ1) is 53.8. The fraction of sp³-hybridized carbons (Fsp3) is 0.500. The number of terminal acetylenes is 2. The van der Waals surface area contributed by atoms with Crippen LogP contribution in [0.1, 0.15) is 128 Å². The Kier molecular flexibility index (Phi) is 22.1. The highest BCUT2D eigenvalue weighted by Gasteiger charge is 2.41. The van der Waals surface area contributed by atoms with Crippen molar-refractivity contribution in [1.29, 1.82) is 0 Å². The zero-order chi connectivity index (χ0) is 48.8. The van der Waals surface area contributed by atoms with Crippen LogP contribution in [0.4, 0.5) is 9.59 Å². The van der Waals surface area contributed by atoms with Gasteiger partial charge in [-0.1, -0.05) is 83.9 Å². The van der Waals surface area contributed by atoms with Gasteiger partial charge >= 0.3 is 12.2 Å². The monoisotopic (exact) mass is 905 g/mol. The van der Waals surface area contributed by atoms with Crippen LogP contribution in [0.15, 0.2) is 48.8 Å². The molecule has 0 radical (unpaired) electrons. The van der Waals surface area contributed by atoms with Crippen LogP contribution in [0, 0.1) is 31.6 Å². The van der Waals surface area contributed by atoms with Crippen LogP contribution in [-0.2, 0) is 37.4 Å². The number of amides is 4. The van der Waals surface area contributed by atoms with Crippen LogP contribution in [0.2, 0.25) is 0 Å². The number of piperidine rings is 2. The zero-order valence-electron chi connectivity index (χ0n) is 40.4. The minimum absolute atomic E-state index is 0.127. The van der Waals surface area contributed by atoms with Crippen molar-refractivity contribution in [3.8, 4) is 59.3 Å². The van der Waals surface area contributed by atoms with Crippen LogP contribution in [0.5, 0.6) is 0 Å². The number of nitrogens with zero attached hydrogens (tertiary/aromatic N) is 4. The average molecular weight is 905 g/mol. The molecule has 2 aliphatic heterocycles. The van der Waals surface area contributed by atoms with Crippen LogP contribution in [-0.4, -0.2) is 94.1 Å². The number of alkyl carbamates (subject to hydrolysis) is 2. The number of carbonyl (C=O) groups excluding carboxylic acids is 4. The molecule has 1 unspecified atom stereocenters. The van der Waals surface area contributed by atoms with E-state index in [0.29, 0.717) is 19.0 Å². The third kappa shape index (κ3) is 13.5. The third-order valence-corrected chi connectivity index (χ3v) is 11.8. The van der Waals surface area contributed by atoms with Crippen molar-refractivity contribution >= 4 is 24.0 Å². The van der Waals surface area contributed by atoms with Gasteiger partial charge in [0, 0.05) is 18.7 Å². The van der Waals surface area contributed by atoms with E-state index in [1.807, 2.05) is 22.2 Å². The van der Waals surface area contributed by atoms with E-state index in [1.165, 1.54) is 43.8 Å². The van der Waals surface area contributed by atoms with Gasteiger partial charge in [0.15, 0.2) is 0 Å². The Bertz CT molecular complexity index is 2200. The van der Waals surface area contributed by atoms with Gasteiger partial charge in [-0.25, -0.2) is 19.6 Å². The first-order valence-electron chi connectivity index (χ1n) is 23.2. The normalized spacial score (nSPS) is 18.3. The van der Waals surface area contributed by atoms with E-state index in [4.69, 9.17) is 9.97 Å². The summed E-state index contributed by atoms with van der Waals surface area (Å²) in [5.74, 6) is 1.50. The van der Waals surface area contributed by atoms with E-state index in [2.05, 4.69) is 134 Å². The molecule has 2 aromatic heterocycles. The van der Waals surface area contributed by atoms with Crippen LogP contribution in [0.25, 0.3) is 33.6 Å². The summed E-state index contributed by atoms with van der Waals surface area (Å²) in [6.45, 7) is 13.6. The van der Waals surface area contributed by atoms with E-state index in [-0.39, 0.29) is 30.9 Å². The summed E-state index contributed by atoms with van der Waals surface area (Å²) in [6.07, 6.45) is 29.6. The number of fused-ring (bicyclic) bond motifs is 1. The fourth-order valence-corrected chi connectivity index (χ4v) is 8.72. The second-order valence-electron chi connectivity index (χ2n) is 16.9. The highest BCUT2D eigenvalue weighted by atomic mass is 16.5. The molecule has 4 N–H and O–H groups in total. The number of hydrogen-bond donors (Lipinski definition) is 4. The summed E-state index contributed by atoms with van der Waals surface area (Å²) in [6, 6.07) is 12.7. The van der Waals surface area contributed by atoms with Crippen LogP contribution >= 0.6 is 0 Å². The van der Waals surface area contributed by atoms with Gasteiger partial charge in [0.05, 0.1) is 49.6 Å². The number of ether oxygens (including phenoxy) is 2. The zero-order valence-corrected chi connectivity index (χ0v) is 40.4. The predicted molar refractivity (Wildman–Crippen MR) is 262 cm³/mol. The number of carbonyl (C=O) groups is 4. The molecule has 3 aliphatic rings. The van der Waals surface area contributed by atoms with Gasteiger partial charge in [-0.05, 0) is 98.4 Å². The molecule has 2 aromatic carbocycles. The summed E-state index contributed by atoms with van der Waals surface area (Å²) in [5, 5.41) is 5.04. The van der Waals surface area contributed by atoms with Gasteiger partial charge in [0.1, 0.15) is 24.7 Å². The molecule has 7 rings (SSSR count). The molecule has 4 heterocycles. The standard InChI is InChI=1S/C42H52N8O6.2C3H8.2C2H2/c1-26-11-18-35(49(25-26)36(51)23-45-40(53)55-3)38-43-21-33(47-38)28-14-12-27(13-15-28)29-16-17-32(31-10-6-5-9-30(29)31)34-22-44-39(48-34)42(2)19-7-8-20-50(42)37(52)24-46-41(54)56-4;2*1-3-2;2*1-2/h12-17,21-22,26,35H,5-11,18-20,23-25H2,1-4H3,(H,43,47)(H,44,48)(H,45,53)(H,46,54);2*3H2,1-2H3;2*1-2H/t26-,35?,42+;;;;/m0..../s1. The number of H-pyrrole nitrogens is 2. The molecule has 2 fully saturated rings. The maximum Gasteiger partial charge on any atom is 0.407 e. The van der Waals surface area contributed by atoms with E-state index in [1.54, 1.807) is 0 Å². The van der Waals surface area contributed by atoms with Gasteiger partial charge in [-0.15, -0.1) is 25.7 Å². The Labute approximate surface area is 392 Å².